The summed E-state index contributed by atoms with van der Waals surface area (Å²) in [4.78, 5) is 0. The monoisotopic (exact) mass is 253 g/mol. The van der Waals surface area contributed by atoms with E-state index < -0.39 is 0 Å². The minimum atomic E-state index is -0.361. The number of rotatable bonds is 1. The smallest absolute Gasteiger partial charge is 0.116 e. The molecule has 0 fully saturated rings. The average Bonchev–Trinajstić information content (AvgIpc) is 2.46. The van der Waals surface area contributed by atoms with E-state index in [0.717, 1.165) is 19.7 Å². The van der Waals surface area contributed by atoms with Gasteiger partial charge in [0.25, 0.3) is 0 Å². The van der Waals surface area contributed by atoms with Crippen molar-refractivity contribution in [2.75, 3.05) is 13.2 Å². The molecule has 19 heavy (non-hydrogen) atoms. The Kier molecular flexibility index (Phi) is 3.36. The third-order valence-corrected chi connectivity index (χ3v) is 3.84. The van der Waals surface area contributed by atoms with E-state index in [4.69, 9.17) is 4.74 Å². The Balaban J connectivity index is 2.14. The first-order valence-electron chi connectivity index (χ1n) is 6.79. The van der Waals surface area contributed by atoms with Gasteiger partial charge in [0, 0.05) is 13.1 Å². The second-order valence-electron chi connectivity index (χ2n) is 5.08. The molecule has 1 N–H and O–H groups in total. The van der Waals surface area contributed by atoms with Gasteiger partial charge < -0.3 is 10.1 Å². The van der Waals surface area contributed by atoms with Gasteiger partial charge in [0.2, 0.25) is 0 Å². The Morgan fingerprint density at radius 1 is 1.00 bits per heavy atom. The zero-order valence-corrected chi connectivity index (χ0v) is 11.2. The highest BCUT2D eigenvalue weighted by Gasteiger charge is 2.32. The maximum absolute atomic E-state index is 6.22. The fourth-order valence-corrected chi connectivity index (χ4v) is 2.76. The lowest BCUT2D eigenvalue weighted by molar-refractivity contribution is -0.00590. The van der Waals surface area contributed by atoms with Crippen molar-refractivity contribution in [3.8, 4) is 0 Å². The number of benzene rings is 2. The molecule has 0 radical (unpaired) electrons. The molecule has 0 bridgehead atoms. The van der Waals surface area contributed by atoms with Crippen LogP contribution in [0, 0.1) is 0 Å². The number of fused-ring (bicyclic) bond motifs is 1. The number of hydrogen-bond donors (Lipinski definition) is 1. The van der Waals surface area contributed by atoms with Gasteiger partial charge in [0.1, 0.15) is 5.60 Å². The standard InChI is InChI=1S/C17H19NO/c1-17(15-8-3-2-4-9-15)16-10-6-5-7-14(16)13-18-11-12-19-17/h2-10,18H,11-13H2,1H3. The van der Waals surface area contributed by atoms with Gasteiger partial charge in [-0.2, -0.15) is 0 Å². The molecule has 3 rings (SSSR count). The summed E-state index contributed by atoms with van der Waals surface area (Å²) >= 11 is 0. The molecule has 1 aliphatic rings. The fourth-order valence-electron chi connectivity index (χ4n) is 2.76. The molecule has 0 aliphatic carbocycles. The van der Waals surface area contributed by atoms with E-state index in [1.165, 1.54) is 16.7 Å². The van der Waals surface area contributed by atoms with Gasteiger partial charge in [0.15, 0.2) is 0 Å². The van der Waals surface area contributed by atoms with Crippen LogP contribution in [0.2, 0.25) is 0 Å². The molecular weight excluding hydrogens is 234 g/mol. The molecule has 0 spiro atoms. The van der Waals surface area contributed by atoms with Gasteiger partial charge in [-0.1, -0.05) is 54.6 Å². The molecule has 2 nitrogen and oxygen atoms in total. The molecule has 0 saturated heterocycles. The zero-order valence-electron chi connectivity index (χ0n) is 11.2. The quantitative estimate of drug-likeness (QED) is 0.843. The van der Waals surface area contributed by atoms with Crippen molar-refractivity contribution in [3.63, 3.8) is 0 Å². The summed E-state index contributed by atoms with van der Waals surface area (Å²) < 4.78 is 6.22. The van der Waals surface area contributed by atoms with E-state index >= 15 is 0 Å². The van der Waals surface area contributed by atoms with E-state index in [-0.39, 0.29) is 5.60 Å². The van der Waals surface area contributed by atoms with Crippen molar-refractivity contribution in [3.05, 3.63) is 71.3 Å². The number of hydrogen-bond acceptors (Lipinski definition) is 2. The van der Waals surface area contributed by atoms with Crippen LogP contribution in [0.15, 0.2) is 54.6 Å². The molecule has 0 aromatic heterocycles. The van der Waals surface area contributed by atoms with Crippen LogP contribution in [0.3, 0.4) is 0 Å². The Morgan fingerprint density at radius 2 is 1.74 bits per heavy atom. The van der Waals surface area contributed by atoms with Crippen LogP contribution >= 0.6 is 0 Å². The molecule has 1 atom stereocenters. The third kappa shape index (κ3) is 2.29. The van der Waals surface area contributed by atoms with E-state index in [2.05, 4.69) is 60.8 Å². The van der Waals surface area contributed by atoms with Crippen molar-refractivity contribution in [2.24, 2.45) is 0 Å². The lowest BCUT2D eigenvalue weighted by atomic mass is 9.84. The van der Waals surface area contributed by atoms with Crippen molar-refractivity contribution in [1.29, 1.82) is 0 Å². The highest BCUT2D eigenvalue weighted by atomic mass is 16.5. The predicted molar refractivity (Wildman–Crippen MR) is 77.0 cm³/mol. The average molecular weight is 253 g/mol. The first-order valence-corrected chi connectivity index (χ1v) is 6.79. The minimum Gasteiger partial charge on any atom is -0.365 e. The Labute approximate surface area is 114 Å². The largest absolute Gasteiger partial charge is 0.365 e. The SMILES string of the molecule is CC1(c2ccccc2)OCCNCc2ccccc21. The topological polar surface area (TPSA) is 21.3 Å². The van der Waals surface area contributed by atoms with Crippen molar-refractivity contribution >= 4 is 0 Å². The van der Waals surface area contributed by atoms with Gasteiger partial charge in [-0.25, -0.2) is 0 Å². The van der Waals surface area contributed by atoms with Crippen molar-refractivity contribution in [1.82, 2.24) is 5.32 Å². The van der Waals surface area contributed by atoms with Crippen molar-refractivity contribution in [2.45, 2.75) is 19.1 Å². The minimum absolute atomic E-state index is 0.361. The van der Waals surface area contributed by atoms with Crippen LogP contribution in [-0.4, -0.2) is 13.2 Å². The van der Waals surface area contributed by atoms with Crippen LogP contribution in [0.5, 0.6) is 0 Å². The second kappa shape index (κ2) is 5.16. The molecule has 0 amide bonds. The molecule has 1 heterocycles. The Morgan fingerprint density at radius 3 is 2.58 bits per heavy atom. The molecule has 1 unspecified atom stereocenters. The third-order valence-electron chi connectivity index (χ3n) is 3.84. The van der Waals surface area contributed by atoms with Crippen LogP contribution in [0.1, 0.15) is 23.6 Å². The Hall–Kier alpha value is -1.64. The van der Waals surface area contributed by atoms with Gasteiger partial charge in [-0.3, -0.25) is 0 Å². The summed E-state index contributed by atoms with van der Waals surface area (Å²) in [5, 5.41) is 3.41. The molecule has 98 valence electrons. The predicted octanol–water partition coefficient (Wildman–Crippen LogP) is 3.07. The maximum Gasteiger partial charge on any atom is 0.116 e. The first kappa shape index (κ1) is 12.4. The summed E-state index contributed by atoms with van der Waals surface area (Å²) in [5.74, 6) is 0. The highest BCUT2D eigenvalue weighted by molar-refractivity contribution is 5.41. The molecular formula is C17H19NO. The lowest BCUT2D eigenvalue weighted by Gasteiger charge is -2.34. The van der Waals surface area contributed by atoms with Gasteiger partial charge >= 0.3 is 0 Å². The van der Waals surface area contributed by atoms with Crippen LogP contribution in [0.4, 0.5) is 0 Å². The summed E-state index contributed by atoms with van der Waals surface area (Å²) in [6, 6.07) is 19.0. The molecule has 1 aliphatic heterocycles. The van der Waals surface area contributed by atoms with E-state index in [0.29, 0.717) is 0 Å². The molecule has 2 aromatic carbocycles. The van der Waals surface area contributed by atoms with Crippen LogP contribution in [-0.2, 0) is 16.9 Å². The summed E-state index contributed by atoms with van der Waals surface area (Å²) in [5.41, 5.74) is 3.42. The molecule has 2 aromatic rings. The highest BCUT2D eigenvalue weighted by Crippen LogP contribution is 2.35. The van der Waals surface area contributed by atoms with Gasteiger partial charge in [0.05, 0.1) is 6.61 Å². The zero-order chi connectivity index (χ0) is 13.1. The summed E-state index contributed by atoms with van der Waals surface area (Å²) in [6.07, 6.45) is 0. The lowest BCUT2D eigenvalue weighted by Crippen LogP contribution is -2.35. The number of nitrogens with one attached hydrogen (secondary N) is 1. The fraction of sp³-hybridized carbons (Fsp3) is 0.294. The second-order valence-corrected chi connectivity index (χ2v) is 5.08. The van der Waals surface area contributed by atoms with Gasteiger partial charge in [-0.05, 0) is 23.6 Å². The summed E-state index contributed by atoms with van der Waals surface area (Å²) in [6.45, 7) is 4.69. The van der Waals surface area contributed by atoms with Gasteiger partial charge in [-0.15, -0.1) is 0 Å². The Bertz CT molecular complexity index is 552. The maximum atomic E-state index is 6.22. The normalized spacial score (nSPS) is 23.2. The van der Waals surface area contributed by atoms with Crippen LogP contribution < -0.4 is 5.32 Å². The molecule has 2 heteroatoms. The number of ether oxygens (including phenoxy) is 1. The van der Waals surface area contributed by atoms with E-state index in [1.54, 1.807) is 0 Å². The van der Waals surface area contributed by atoms with E-state index in [1.807, 2.05) is 6.07 Å². The molecule has 0 saturated carbocycles. The summed E-state index contributed by atoms with van der Waals surface area (Å²) in [7, 11) is 0. The first-order chi connectivity index (χ1) is 9.31. The van der Waals surface area contributed by atoms with Crippen molar-refractivity contribution < 1.29 is 4.74 Å². The van der Waals surface area contributed by atoms with Crippen LogP contribution in [0.25, 0.3) is 0 Å². The van der Waals surface area contributed by atoms with E-state index in [9.17, 15) is 0 Å².